The predicted octanol–water partition coefficient (Wildman–Crippen LogP) is 3.11. The number of ether oxygens (including phenoxy) is 1. The summed E-state index contributed by atoms with van der Waals surface area (Å²) in [7, 11) is 0. The van der Waals surface area contributed by atoms with Crippen molar-refractivity contribution in [3.05, 3.63) is 0 Å². The monoisotopic (exact) mass is 252 g/mol. The first-order valence-corrected chi connectivity index (χ1v) is 7.27. The quantitative estimate of drug-likeness (QED) is 0.708. The van der Waals surface area contributed by atoms with Gasteiger partial charge < -0.3 is 4.74 Å². The summed E-state index contributed by atoms with van der Waals surface area (Å²) in [6, 6.07) is 2.90. The minimum atomic E-state index is -0.310. The Morgan fingerprint density at radius 1 is 1.39 bits per heavy atom. The van der Waals surface area contributed by atoms with Crippen LogP contribution in [0.1, 0.15) is 53.4 Å². The SMILES string of the molecule is CC(C)COCCC1CCCC1(C#N)NC(C)C. The van der Waals surface area contributed by atoms with Crippen LogP contribution in [0.3, 0.4) is 0 Å². The van der Waals surface area contributed by atoms with E-state index in [1.807, 2.05) is 0 Å². The molecule has 0 aliphatic heterocycles. The largest absolute Gasteiger partial charge is 0.381 e. The van der Waals surface area contributed by atoms with Crippen LogP contribution in [-0.4, -0.2) is 24.8 Å². The molecule has 0 radical (unpaired) electrons. The van der Waals surface area contributed by atoms with Gasteiger partial charge in [-0.15, -0.1) is 0 Å². The topological polar surface area (TPSA) is 45.0 Å². The number of hydrogen-bond acceptors (Lipinski definition) is 3. The lowest BCUT2D eigenvalue weighted by Crippen LogP contribution is -2.50. The molecule has 1 aliphatic carbocycles. The van der Waals surface area contributed by atoms with Crippen LogP contribution in [0.5, 0.6) is 0 Å². The molecule has 3 nitrogen and oxygen atoms in total. The van der Waals surface area contributed by atoms with E-state index in [1.165, 1.54) is 0 Å². The summed E-state index contributed by atoms with van der Waals surface area (Å²) < 4.78 is 5.66. The van der Waals surface area contributed by atoms with E-state index in [0.29, 0.717) is 17.9 Å². The summed E-state index contributed by atoms with van der Waals surface area (Å²) >= 11 is 0. The third-order valence-corrected chi connectivity index (χ3v) is 3.63. The molecule has 0 aromatic rings. The van der Waals surface area contributed by atoms with Crippen molar-refractivity contribution in [2.75, 3.05) is 13.2 Å². The van der Waals surface area contributed by atoms with Crippen molar-refractivity contribution in [1.82, 2.24) is 5.32 Å². The molecule has 1 fully saturated rings. The fourth-order valence-corrected chi connectivity index (χ4v) is 2.90. The highest BCUT2D eigenvalue weighted by atomic mass is 16.5. The normalized spacial score (nSPS) is 27.9. The van der Waals surface area contributed by atoms with Crippen molar-refractivity contribution in [2.45, 2.75) is 65.0 Å². The van der Waals surface area contributed by atoms with Crippen LogP contribution in [0.15, 0.2) is 0 Å². The Bertz CT molecular complexity index is 283. The van der Waals surface area contributed by atoms with Gasteiger partial charge in [0, 0.05) is 19.3 Å². The number of nitrogens with one attached hydrogen (secondary N) is 1. The Kier molecular flexibility index (Phi) is 6.11. The van der Waals surface area contributed by atoms with Crippen LogP contribution in [0.25, 0.3) is 0 Å². The Morgan fingerprint density at radius 2 is 2.11 bits per heavy atom. The third kappa shape index (κ3) is 4.26. The van der Waals surface area contributed by atoms with Gasteiger partial charge in [0.1, 0.15) is 5.54 Å². The summed E-state index contributed by atoms with van der Waals surface area (Å²) in [4.78, 5) is 0. The van der Waals surface area contributed by atoms with Crippen LogP contribution < -0.4 is 5.32 Å². The smallest absolute Gasteiger partial charge is 0.109 e. The average molecular weight is 252 g/mol. The molecule has 1 N–H and O–H groups in total. The minimum Gasteiger partial charge on any atom is -0.381 e. The Morgan fingerprint density at radius 3 is 2.67 bits per heavy atom. The molecule has 2 unspecified atom stereocenters. The molecule has 18 heavy (non-hydrogen) atoms. The Labute approximate surface area is 112 Å². The van der Waals surface area contributed by atoms with Crippen LogP contribution in [0, 0.1) is 23.2 Å². The van der Waals surface area contributed by atoms with Crippen molar-refractivity contribution in [3.63, 3.8) is 0 Å². The molecule has 1 rings (SSSR count). The van der Waals surface area contributed by atoms with E-state index < -0.39 is 0 Å². The molecular weight excluding hydrogens is 224 g/mol. The van der Waals surface area contributed by atoms with Crippen LogP contribution in [0.2, 0.25) is 0 Å². The van der Waals surface area contributed by atoms with Gasteiger partial charge in [0.2, 0.25) is 0 Å². The molecule has 2 atom stereocenters. The maximum absolute atomic E-state index is 9.53. The van der Waals surface area contributed by atoms with E-state index in [0.717, 1.165) is 38.9 Å². The first-order chi connectivity index (χ1) is 8.50. The molecule has 1 aliphatic rings. The number of rotatable bonds is 7. The Hall–Kier alpha value is -0.590. The van der Waals surface area contributed by atoms with Crippen LogP contribution >= 0.6 is 0 Å². The first-order valence-electron chi connectivity index (χ1n) is 7.27. The minimum absolute atomic E-state index is 0.310. The summed E-state index contributed by atoms with van der Waals surface area (Å²) in [5, 5.41) is 13.0. The van der Waals surface area contributed by atoms with Crippen molar-refractivity contribution in [1.29, 1.82) is 5.26 Å². The number of nitriles is 1. The maximum Gasteiger partial charge on any atom is 0.109 e. The second-order valence-electron chi connectivity index (χ2n) is 6.23. The molecule has 0 amide bonds. The lowest BCUT2D eigenvalue weighted by atomic mass is 9.85. The van der Waals surface area contributed by atoms with E-state index in [-0.39, 0.29) is 5.54 Å². The number of nitrogens with zero attached hydrogens (tertiary/aromatic N) is 1. The van der Waals surface area contributed by atoms with Gasteiger partial charge in [-0.1, -0.05) is 20.3 Å². The zero-order valence-electron chi connectivity index (χ0n) is 12.3. The van der Waals surface area contributed by atoms with E-state index in [2.05, 4.69) is 39.1 Å². The average Bonchev–Trinajstić information content (AvgIpc) is 2.67. The summed E-state index contributed by atoms with van der Waals surface area (Å²) in [6.45, 7) is 10.2. The highest BCUT2D eigenvalue weighted by Crippen LogP contribution is 2.37. The van der Waals surface area contributed by atoms with E-state index in [4.69, 9.17) is 4.74 Å². The van der Waals surface area contributed by atoms with Crippen molar-refractivity contribution >= 4 is 0 Å². The first kappa shape index (κ1) is 15.5. The van der Waals surface area contributed by atoms with Gasteiger partial charge in [0.25, 0.3) is 0 Å². The summed E-state index contributed by atoms with van der Waals surface area (Å²) in [6.07, 6.45) is 4.29. The molecule has 0 aromatic carbocycles. The molecule has 0 heterocycles. The fourth-order valence-electron chi connectivity index (χ4n) is 2.90. The van der Waals surface area contributed by atoms with Gasteiger partial charge in [-0.3, -0.25) is 5.32 Å². The molecule has 0 spiro atoms. The second-order valence-corrected chi connectivity index (χ2v) is 6.23. The van der Waals surface area contributed by atoms with Gasteiger partial charge in [0.05, 0.1) is 6.07 Å². The van der Waals surface area contributed by atoms with Gasteiger partial charge in [-0.25, -0.2) is 0 Å². The van der Waals surface area contributed by atoms with Crippen molar-refractivity contribution < 1.29 is 4.74 Å². The van der Waals surface area contributed by atoms with Crippen LogP contribution in [0.4, 0.5) is 0 Å². The summed E-state index contributed by atoms with van der Waals surface area (Å²) in [5.41, 5.74) is -0.310. The molecule has 0 saturated heterocycles. The van der Waals surface area contributed by atoms with E-state index in [1.54, 1.807) is 0 Å². The zero-order valence-corrected chi connectivity index (χ0v) is 12.3. The zero-order chi connectivity index (χ0) is 13.6. The third-order valence-electron chi connectivity index (χ3n) is 3.63. The number of hydrogen-bond donors (Lipinski definition) is 1. The van der Waals surface area contributed by atoms with Gasteiger partial charge in [0.15, 0.2) is 0 Å². The molecule has 3 heteroatoms. The second kappa shape index (κ2) is 7.11. The van der Waals surface area contributed by atoms with Crippen molar-refractivity contribution in [2.24, 2.45) is 11.8 Å². The standard InChI is InChI=1S/C15H28N2O/c1-12(2)10-18-9-7-14-6-5-8-15(14,11-16)17-13(3)4/h12-14,17H,5-10H2,1-4H3. The lowest BCUT2D eigenvalue weighted by Gasteiger charge is -2.32. The fraction of sp³-hybridized carbons (Fsp3) is 0.933. The van der Waals surface area contributed by atoms with Gasteiger partial charge in [-0.2, -0.15) is 5.26 Å². The van der Waals surface area contributed by atoms with Gasteiger partial charge >= 0.3 is 0 Å². The highest BCUT2D eigenvalue weighted by molar-refractivity contribution is 5.14. The van der Waals surface area contributed by atoms with E-state index in [9.17, 15) is 5.26 Å². The van der Waals surface area contributed by atoms with Crippen LogP contribution in [-0.2, 0) is 4.74 Å². The molecule has 1 saturated carbocycles. The predicted molar refractivity (Wildman–Crippen MR) is 74.2 cm³/mol. The van der Waals surface area contributed by atoms with Gasteiger partial charge in [-0.05, 0) is 44.9 Å². The van der Waals surface area contributed by atoms with Crippen molar-refractivity contribution in [3.8, 4) is 6.07 Å². The lowest BCUT2D eigenvalue weighted by molar-refractivity contribution is 0.0904. The van der Waals surface area contributed by atoms with E-state index >= 15 is 0 Å². The molecule has 104 valence electrons. The maximum atomic E-state index is 9.53. The summed E-state index contributed by atoms with van der Waals surface area (Å²) in [5.74, 6) is 1.03. The Balaban J connectivity index is 2.45. The highest BCUT2D eigenvalue weighted by Gasteiger charge is 2.42. The molecular formula is C15H28N2O. The molecule has 0 aromatic heterocycles. The molecule has 0 bridgehead atoms.